The predicted octanol–water partition coefficient (Wildman–Crippen LogP) is 3.10. The van der Waals surface area contributed by atoms with Crippen molar-refractivity contribution in [1.29, 1.82) is 0 Å². The Morgan fingerprint density at radius 1 is 1.20 bits per heavy atom. The van der Waals surface area contributed by atoms with Gasteiger partial charge in [-0.2, -0.15) is 0 Å². The Bertz CT molecular complexity index is 816. The molecule has 0 bridgehead atoms. The van der Waals surface area contributed by atoms with Crippen molar-refractivity contribution >= 4 is 6.29 Å². The zero-order valence-corrected chi connectivity index (χ0v) is 14.0. The minimum atomic E-state index is -0.193. The van der Waals surface area contributed by atoms with Gasteiger partial charge in [0, 0.05) is 24.3 Å². The first-order chi connectivity index (χ1) is 12.3. The predicted molar refractivity (Wildman–Crippen MR) is 88.9 cm³/mol. The second kappa shape index (κ2) is 6.29. The molecule has 2 heterocycles. The summed E-state index contributed by atoms with van der Waals surface area (Å²) in [6.07, 6.45) is 0.552. The standard InChI is InChI=1S/C19H18O6/c1-21-10-24-16-6-5-13-18(14(16)8-20)23-9-15-12-4-3-11(22-2)7-17(12)25-19(13)15/h3-8,15,19H,9-10H2,1-2H3/t15-,19-/m1/s1. The molecule has 2 atom stereocenters. The molecule has 2 aromatic rings. The Morgan fingerprint density at radius 3 is 2.80 bits per heavy atom. The summed E-state index contributed by atoms with van der Waals surface area (Å²) in [5.41, 5.74) is 2.31. The van der Waals surface area contributed by atoms with Gasteiger partial charge in [-0.25, -0.2) is 0 Å². The summed E-state index contributed by atoms with van der Waals surface area (Å²) in [7, 11) is 3.15. The molecule has 0 fully saturated rings. The molecule has 0 radical (unpaired) electrons. The number of fused-ring (bicyclic) bond motifs is 5. The van der Waals surface area contributed by atoms with Gasteiger partial charge in [0.2, 0.25) is 0 Å². The molecule has 2 aliphatic heterocycles. The van der Waals surface area contributed by atoms with Crippen LogP contribution in [-0.2, 0) is 4.74 Å². The van der Waals surface area contributed by atoms with Crippen molar-refractivity contribution in [1.82, 2.24) is 0 Å². The molecule has 25 heavy (non-hydrogen) atoms. The number of benzene rings is 2. The van der Waals surface area contributed by atoms with Crippen LogP contribution in [0.3, 0.4) is 0 Å². The summed E-state index contributed by atoms with van der Waals surface area (Å²) in [4.78, 5) is 11.6. The highest BCUT2D eigenvalue weighted by Gasteiger charge is 2.42. The Hall–Kier alpha value is -2.73. The Labute approximate surface area is 145 Å². The first-order valence-electron chi connectivity index (χ1n) is 7.98. The highest BCUT2D eigenvalue weighted by Crippen LogP contribution is 2.53. The Morgan fingerprint density at radius 2 is 2.04 bits per heavy atom. The maximum absolute atomic E-state index is 11.6. The first-order valence-corrected chi connectivity index (χ1v) is 7.98. The topological polar surface area (TPSA) is 63.2 Å². The van der Waals surface area contributed by atoms with Crippen molar-refractivity contribution in [2.45, 2.75) is 12.0 Å². The van der Waals surface area contributed by atoms with Gasteiger partial charge >= 0.3 is 0 Å². The smallest absolute Gasteiger partial charge is 0.188 e. The molecule has 0 unspecified atom stereocenters. The summed E-state index contributed by atoms with van der Waals surface area (Å²) in [6, 6.07) is 9.43. The Kier molecular flexibility index (Phi) is 3.97. The van der Waals surface area contributed by atoms with E-state index < -0.39 is 0 Å². The third-order valence-electron chi connectivity index (χ3n) is 4.59. The molecule has 4 rings (SSSR count). The van der Waals surface area contributed by atoms with E-state index in [1.54, 1.807) is 13.2 Å². The summed E-state index contributed by atoms with van der Waals surface area (Å²) in [5.74, 6) is 2.57. The fourth-order valence-corrected chi connectivity index (χ4v) is 3.41. The minimum absolute atomic E-state index is 0.0629. The van der Waals surface area contributed by atoms with E-state index in [2.05, 4.69) is 0 Å². The van der Waals surface area contributed by atoms with Gasteiger partial charge in [-0.05, 0) is 18.2 Å². The molecule has 0 saturated carbocycles. The molecule has 6 heteroatoms. The van der Waals surface area contributed by atoms with Gasteiger partial charge in [0.25, 0.3) is 0 Å². The number of aldehydes is 1. The molecule has 6 nitrogen and oxygen atoms in total. The minimum Gasteiger partial charge on any atom is -0.497 e. The van der Waals surface area contributed by atoms with Gasteiger partial charge in [-0.15, -0.1) is 0 Å². The van der Waals surface area contributed by atoms with Crippen LogP contribution in [0.15, 0.2) is 30.3 Å². The third-order valence-corrected chi connectivity index (χ3v) is 4.59. The van der Waals surface area contributed by atoms with Gasteiger partial charge in [0.05, 0.1) is 25.2 Å². The third kappa shape index (κ3) is 2.49. The van der Waals surface area contributed by atoms with E-state index in [4.69, 9.17) is 23.7 Å². The number of hydrogen-bond donors (Lipinski definition) is 0. The lowest BCUT2D eigenvalue weighted by molar-refractivity contribution is 0.0499. The zero-order valence-electron chi connectivity index (χ0n) is 14.0. The van der Waals surface area contributed by atoms with Gasteiger partial charge < -0.3 is 23.7 Å². The van der Waals surface area contributed by atoms with Crippen LogP contribution in [0, 0.1) is 0 Å². The molecule has 2 aliphatic rings. The van der Waals surface area contributed by atoms with Crippen LogP contribution in [0.5, 0.6) is 23.0 Å². The normalized spacial score (nSPS) is 19.8. The molecule has 0 saturated heterocycles. The molecular formula is C19H18O6. The van der Waals surface area contributed by atoms with Gasteiger partial charge in [0.1, 0.15) is 29.1 Å². The van der Waals surface area contributed by atoms with Crippen LogP contribution in [0.25, 0.3) is 0 Å². The average Bonchev–Trinajstić information content (AvgIpc) is 3.03. The number of methoxy groups -OCH3 is 2. The molecule has 0 N–H and O–H groups in total. The fraction of sp³-hybridized carbons (Fsp3) is 0.316. The number of rotatable bonds is 5. The van der Waals surface area contributed by atoms with Crippen LogP contribution in [0.4, 0.5) is 0 Å². The lowest BCUT2D eigenvalue weighted by Crippen LogP contribution is -2.24. The van der Waals surface area contributed by atoms with Crippen molar-refractivity contribution in [3.8, 4) is 23.0 Å². The second-order valence-corrected chi connectivity index (χ2v) is 5.92. The van der Waals surface area contributed by atoms with Gasteiger partial charge in [-0.1, -0.05) is 6.07 Å². The summed E-state index contributed by atoms with van der Waals surface area (Å²) in [5, 5.41) is 0. The summed E-state index contributed by atoms with van der Waals surface area (Å²) in [6.45, 7) is 0.499. The van der Waals surface area contributed by atoms with E-state index in [-0.39, 0.29) is 18.8 Å². The number of hydrogen-bond acceptors (Lipinski definition) is 6. The van der Waals surface area contributed by atoms with Gasteiger partial charge in [0.15, 0.2) is 13.1 Å². The first kappa shape index (κ1) is 15.8. The highest BCUT2D eigenvalue weighted by molar-refractivity contribution is 5.85. The quantitative estimate of drug-likeness (QED) is 0.615. The highest BCUT2D eigenvalue weighted by atomic mass is 16.7. The lowest BCUT2D eigenvalue weighted by Gasteiger charge is -2.29. The van der Waals surface area contributed by atoms with Crippen molar-refractivity contribution in [3.63, 3.8) is 0 Å². The van der Waals surface area contributed by atoms with E-state index in [9.17, 15) is 4.79 Å². The van der Waals surface area contributed by atoms with E-state index in [1.165, 1.54) is 7.11 Å². The maximum Gasteiger partial charge on any atom is 0.188 e. The van der Waals surface area contributed by atoms with E-state index in [1.807, 2.05) is 24.3 Å². The largest absolute Gasteiger partial charge is 0.497 e. The van der Waals surface area contributed by atoms with Crippen molar-refractivity contribution < 1.29 is 28.5 Å². The van der Waals surface area contributed by atoms with E-state index >= 15 is 0 Å². The zero-order chi connectivity index (χ0) is 17.4. The van der Waals surface area contributed by atoms with Crippen LogP contribution in [-0.4, -0.2) is 33.9 Å². The van der Waals surface area contributed by atoms with Gasteiger partial charge in [-0.3, -0.25) is 4.79 Å². The second-order valence-electron chi connectivity index (χ2n) is 5.92. The van der Waals surface area contributed by atoms with E-state index in [0.717, 1.165) is 28.9 Å². The maximum atomic E-state index is 11.6. The monoisotopic (exact) mass is 342 g/mol. The molecule has 0 amide bonds. The molecule has 0 aliphatic carbocycles. The van der Waals surface area contributed by atoms with Crippen LogP contribution in [0.1, 0.15) is 33.5 Å². The Balaban J connectivity index is 1.72. The molecule has 0 spiro atoms. The molecule has 0 aromatic heterocycles. The van der Waals surface area contributed by atoms with Crippen molar-refractivity contribution in [3.05, 3.63) is 47.0 Å². The molecular weight excluding hydrogens is 324 g/mol. The van der Waals surface area contributed by atoms with Crippen LogP contribution < -0.4 is 18.9 Å². The SMILES string of the molecule is COCOc1ccc2c(c1C=O)OC[C@@H]1c3ccc(OC)cc3O[C@H]21. The summed E-state index contributed by atoms with van der Waals surface area (Å²) < 4.78 is 27.7. The summed E-state index contributed by atoms with van der Waals surface area (Å²) >= 11 is 0. The van der Waals surface area contributed by atoms with Crippen molar-refractivity contribution in [2.24, 2.45) is 0 Å². The van der Waals surface area contributed by atoms with E-state index in [0.29, 0.717) is 23.7 Å². The fourth-order valence-electron chi connectivity index (χ4n) is 3.41. The van der Waals surface area contributed by atoms with Crippen LogP contribution in [0.2, 0.25) is 0 Å². The number of ether oxygens (including phenoxy) is 5. The number of carbonyl (C=O) groups excluding carboxylic acids is 1. The van der Waals surface area contributed by atoms with Crippen molar-refractivity contribution in [2.75, 3.05) is 27.6 Å². The lowest BCUT2D eigenvalue weighted by atomic mass is 9.88. The molecule has 130 valence electrons. The number of carbonyl (C=O) groups is 1. The molecule has 2 aromatic carbocycles. The average molecular weight is 342 g/mol. The van der Waals surface area contributed by atoms with Crippen LogP contribution >= 0.6 is 0 Å².